The zero-order valence-corrected chi connectivity index (χ0v) is 9.81. The van der Waals surface area contributed by atoms with Gasteiger partial charge in [0.25, 0.3) is 0 Å². The number of aromatic nitrogens is 1. The van der Waals surface area contributed by atoms with Gasteiger partial charge < -0.3 is 10.1 Å². The van der Waals surface area contributed by atoms with Gasteiger partial charge in [0.2, 0.25) is 0 Å². The molecule has 0 aliphatic carbocycles. The van der Waals surface area contributed by atoms with Gasteiger partial charge in [0.05, 0.1) is 11.1 Å². The highest BCUT2D eigenvalue weighted by molar-refractivity contribution is 9.10. The lowest BCUT2D eigenvalue weighted by Crippen LogP contribution is -2.20. The van der Waals surface area contributed by atoms with Crippen LogP contribution in [0, 0.1) is 0 Å². The molecule has 0 amide bonds. The highest BCUT2D eigenvalue weighted by atomic mass is 79.9. The summed E-state index contributed by atoms with van der Waals surface area (Å²) in [5, 5.41) is 2.85. The van der Waals surface area contributed by atoms with Crippen molar-refractivity contribution in [3.05, 3.63) is 22.8 Å². The monoisotopic (exact) mass is 298 g/mol. The van der Waals surface area contributed by atoms with Gasteiger partial charge >= 0.3 is 6.18 Å². The van der Waals surface area contributed by atoms with Gasteiger partial charge in [-0.25, -0.2) is 4.98 Å². The molecular formula is C9H10BrF3N2O. The van der Waals surface area contributed by atoms with Gasteiger partial charge in [0.15, 0.2) is 0 Å². The van der Waals surface area contributed by atoms with E-state index in [4.69, 9.17) is 0 Å². The van der Waals surface area contributed by atoms with Crippen molar-refractivity contribution in [1.82, 2.24) is 4.98 Å². The minimum Gasteiger partial charge on any atom is -0.370 e. The number of hydrogen-bond donors (Lipinski definition) is 1. The van der Waals surface area contributed by atoms with Gasteiger partial charge in [-0.05, 0) is 28.1 Å². The quantitative estimate of drug-likeness (QED) is 0.849. The first kappa shape index (κ1) is 13.2. The van der Waals surface area contributed by atoms with Crippen molar-refractivity contribution in [2.45, 2.75) is 6.18 Å². The molecule has 90 valence electrons. The number of rotatable bonds is 5. The normalized spacial score (nSPS) is 11.5. The summed E-state index contributed by atoms with van der Waals surface area (Å²) in [6.45, 7) is -0.980. The lowest BCUT2D eigenvalue weighted by molar-refractivity contribution is -0.172. The van der Waals surface area contributed by atoms with Crippen molar-refractivity contribution in [2.24, 2.45) is 0 Å². The summed E-state index contributed by atoms with van der Waals surface area (Å²) >= 11 is 3.25. The Morgan fingerprint density at radius 2 is 2.19 bits per heavy atom. The fourth-order valence-electron chi connectivity index (χ4n) is 0.945. The molecule has 0 aliphatic rings. The fraction of sp³-hybridized carbons (Fsp3) is 0.444. The SMILES string of the molecule is FC(F)(F)COCCNc1ncccc1Br. The first-order valence-electron chi connectivity index (χ1n) is 4.48. The Morgan fingerprint density at radius 1 is 1.44 bits per heavy atom. The molecule has 0 saturated carbocycles. The van der Waals surface area contributed by atoms with Gasteiger partial charge in [0, 0.05) is 12.7 Å². The molecule has 1 rings (SSSR count). The van der Waals surface area contributed by atoms with Crippen LogP contribution in [0.4, 0.5) is 19.0 Å². The number of halogens is 4. The van der Waals surface area contributed by atoms with E-state index < -0.39 is 12.8 Å². The Kier molecular flexibility index (Phi) is 5.01. The first-order chi connectivity index (χ1) is 7.49. The van der Waals surface area contributed by atoms with E-state index in [1.54, 1.807) is 18.3 Å². The van der Waals surface area contributed by atoms with Crippen LogP contribution in [0.25, 0.3) is 0 Å². The molecule has 0 aliphatic heterocycles. The molecule has 16 heavy (non-hydrogen) atoms. The van der Waals surface area contributed by atoms with Crippen LogP contribution in [0.3, 0.4) is 0 Å². The summed E-state index contributed by atoms with van der Waals surface area (Å²) in [5.74, 6) is 0.582. The maximum atomic E-state index is 11.7. The second kappa shape index (κ2) is 6.05. The van der Waals surface area contributed by atoms with E-state index >= 15 is 0 Å². The Labute approximate surface area is 99.1 Å². The standard InChI is InChI=1S/C9H10BrF3N2O/c10-7-2-1-3-14-8(7)15-4-5-16-6-9(11,12)13/h1-3H,4-6H2,(H,14,15). The minimum absolute atomic E-state index is 0.0253. The van der Waals surface area contributed by atoms with Crippen molar-refractivity contribution in [3.63, 3.8) is 0 Å². The number of pyridine rings is 1. The van der Waals surface area contributed by atoms with Crippen LogP contribution in [0.15, 0.2) is 22.8 Å². The Morgan fingerprint density at radius 3 is 2.81 bits per heavy atom. The Balaban J connectivity index is 2.19. The van der Waals surface area contributed by atoms with Gasteiger partial charge in [-0.1, -0.05) is 0 Å². The van der Waals surface area contributed by atoms with Gasteiger partial charge in [0.1, 0.15) is 12.4 Å². The highest BCUT2D eigenvalue weighted by Gasteiger charge is 2.27. The molecule has 0 spiro atoms. The summed E-state index contributed by atoms with van der Waals surface area (Å²) in [6, 6.07) is 3.53. The van der Waals surface area contributed by atoms with Crippen molar-refractivity contribution in [1.29, 1.82) is 0 Å². The van der Waals surface area contributed by atoms with Crippen LogP contribution in [-0.4, -0.2) is 30.9 Å². The van der Waals surface area contributed by atoms with E-state index in [9.17, 15) is 13.2 Å². The zero-order valence-electron chi connectivity index (χ0n) is 8.22. The van der Waals surface area contributed by atoms with Crippen LogP contribution in [-0.2, 0) is 4.74 Å². The highest BCUT2D eigenvalue weighted by Crippen LogP contribution is 2.18. The molecule has 1 N–H and O–H groups in total. The number of hydrogen-bond acceptors (Lipinski definition) is 3. The minimum atomic E-state index is -4.27. The second-order valence-electron chi connectivity index (χ2n) is 2.93. The van der Waals surface area contributed by atoms with E-state index in [0.717, 1.165) is 4.47 Å². The van der Waals surface area contributed by atoms with Crippen LogP contribution >= 0.6 is 15.9 Å². The third kappa shape index (κ3) is 5.32. The fourth-order valence-corrected chi connectivity index (χ4v) is 1.34. The number of nitrogens with zero attached hydrogens (tertiary/aromatic N) is 1. The predicted molar refractivity (Wildman–Crippen MR) is 57.3 cm³/mol. The summed E-state index contributed by atoms with van der Waals surface area (Å²) in [6.07, 6.45) is -2.69. The summed E-state index contributed by atoms with van der Waals surface area (Å²) in [4.78, 5) is 3.99. The number of alkyl halides is 3. The molecule has 0 aromatic carbocycles. The smallest absolute Gasteiger partial charge is 0.370 e. The Bertz CT molecular complexity index is 333. The summed E-state index contributed by atoms with van der Waals surface area (Å²) < 4.78 is 40.3. The van der Waals surface area contributed by atoms with Crippen LogP contribution in [0.5, 0.6) is 0 Å². The molecule has 0 unspecified atom stereocenters. The molecule has 7 heteroatoms. The molecule has 0 fully saturated rings. The van der Waals surface area contributed by atoms with Crippen molar-refractivity contribution < 1.29 is 17.9 Å². The third-order valence-electron chi connectivity index (χ3n) is 1.56. The predicted octanol–water partition coefficient (Wildman–Crippen LogP) is 2.83. The van der Waals surface area contributed by atoms with Crippen LogP contribution in [0.2, 0.25) is 0 Å². The molecule has 0 saturated heterocycles. The average molecular weight is 299 g/mol. The lowest BCUT2D eigenvalue weighted by atomic mass is 10.4. The molecule has 1 heterocycles. The first-order valence-corrected chi connectivity index (χ1v) is 5.27. The van der Waals surface area contributed by atoms with E-state index in [-0.39, 0.29) is 13.2 Å². The molecule has 1 aromatic heterocycles. The molecule has 3 nitrogen and oxygen atoms in total. The average Bonchev–Trinajstić information content (AvgIpc) is 2.18. The maximum absolute atomic E-state index is 11.7. The van der Waals surface area contributed by atoms with Crippen LogP contribution in [0.1, 0.15) is 0 Å². The number of nitrogens with one attached hydrogen (secondary N) is 1. The van der Waals surface area contributed by atoms with Crippen LogP contribution < -0.4 is 5.32 Å². The van der Waals surface area contributed by atoms with E-state index in [1.165, 1.54) is 0 Å². The lowest BCUT2D eigenvalue weighted by Gasteiger charge is -2.09. The summed E-state index contributed by atoms with van der Waals surface area (Å²) in [5.41, 5.74) is 0. The second-order valence-corrected chi connectivity index (χ2v) is 3.78. The third-order valence-corrected chi connectivity index (χ3v) is 2.20. The van der Waals surface area contributed by atoms with Crippen molar-refractivity contribution >= 4 is 21.7 Å². The topological polar surface area (TPSA) is 34.1 Å². The van der Waals surface area contributed by atoms with E-state index in [0.29, 0.717) is 5.82 Å². The Hall–Kier alpha value is -0.820. The van der Waals surface area contributed by atoms with Gasteiger partial charge in [-0.2, -0.15) is 13.2 Å². The molecular weight excluding hydrogens is 289 g/mol. The molecule has 0 atom stereocenters. The maximum Gasteiger partial charge on any atom is 0.411 e. The molecule has 0 radical (unpaired) electrons. The number of anilines is 1. The van der Waals surface area contributed by atoms with Crippen molar-refractivity contribution in [3.8, 4) is 0 Å². The molecule has 0 bridgehead atoms. The van der Waals surface area contributed by atoms with Crippen molar-refractivity contribution in [2.75, 3.05) is 25.1 Å². The molecule has 1 aromatic rings. The largest absolute Gasteiger partial charge is 0.411 e. The number of ether oxygens (including phenoxy) is 1. The van der Waals surface area contributed by atoms with Gasteiger partial charge in [-0.15, -0.1) is 0 Å². The van der Waals surface area contributed by atoms with E-state index in [1.807, 2.05) is 0 Å². The van der Waals surface area contributed by atoms with E-state index in [2.05, 4.69) is 31.0 Å². The summed E-state index contributed by atoms with van der Waals surface area (Å²) in [7, 11) is 0. The zero-order chi connectivity index (χ0) is 12.0. The van der Waals surface area contributed by atoms with Gasteiger partial charge in [-0.3, -0.25) is 0 Å².